The minimum atomic E-state index is -0.0208. The van der Waals surface area contributed by atoms with Crippen molar-refractivity contribution in [1.82, 2.24) is 4.90 Å². The summed E-state index contributed by atoms with van der Waals surface area (Å²) < 4.78 is 21.2. The van der Waals surface area contributed by atoms with E-state index in [1.807, 2.05) is 0 Å². The van der Waals surface area contributed by atoms with E-state index in [1.165, 1.54) is 61.8 Å². The molecule has 4 aliphatic carbocycles. The van der Waals surface area contributed by atoms with E-state index in [-0.39, 0.29) is 25.0 Å². The van der Waals surface area contributed by atoms with Crippen LogP contribution in [0, 0.1) is 0 Å². The Balaban J connectivity index is 1.20. The van der Waals surface area contributed by atoms with Crippen molar-refractivity contribution in [3.05, 3.63) is 96.5 Å². The summed E-state index contributed by atoms with van der Waals surface area (Å²) in [5.74, 6) is 2.39. The molecular formula is C38H43BN2O3. The molecule has 7 unspecified atom stereocenters. The summed E-state index contributed by atoms with van der Waals surface area (Å²) in [6, 6.07) is 18.9. The number of rotatable bonds is 4. The van der Waals surface area contributed by atoms with E-state index in [4.69, 9.17) is 14.2 Å². The molecule has 6 heteroatoms. The zero-order valence-corrected chi connectivity index (χ0v) is 25.6. The van der Waals surface area contributed by atoms with E-state index >= 15 is 0 Å². The number of nitrogens with zero attached hydrogens (tertiary/aromatic N) is 2. The Bertz CT molecular complexity index is 1520. The van der Waals surface area contributed by atoms with E-state index in [0.29, 0.717) is 23.9 Å². The summed E-state index contributed by atoms with van der Waals surface area (Å²) in [4.78, 5) is 5.20. The van der Waals surface area contributed by atoms with Gasteiger partial charge in [0.25, 0.3) is 6.71 Å². The van der Waals surface area contributed by atoms with Gasteiger partial charge in [0.15, 0.2) is 6.10 Å². The third-order valence-electron chi connectivity index (χ3n) is 11.2. The highest BCUT2D eigenvalue weighted by Gasteiger charge is 2.59. The van der Waals surface area contributed by atoms with E-state index < -0.39 is 0 Å². The largest absolute Gasteiger partial charge is 0.491 e. The van der Waals surface area contributed by atoms with Gasteiger partial charge in [-0.05, 0) is 112 Å². The van der Waals surface area contributed by atoms with Crippen LogP contribution >= 0.6 is 0 Å². The number of anilines is 2. The van der Waals surface area contributed by atoms with E-state index in [0.717, 1.165) is 43.0 Å². The van der Waals surface area contributed by atoms with Crippen molar-refractivity contribution in [3.63, 3.8) is 0 Å². The molecule has 2 aromatic carbocycles. The van der Waals surface area contributed by atoms with Crippen LogP contribution in [0.15, 0.2) is 96.5 Å². The lowest BCUT2D eigenvalue weighted by Gasteiger charge is -2.57. The van der Waals surface area contributed by atoms with Crippen LogP contribution < -0.4 is 15.1 Å². The van der Waals surface area contributed by atoms with Crippen molar-refractivity contribution in [2.24, 2.45) is 0 Å². The van der Waals surface area contributed by atoms with Crippen LogP contribution in [0.4, 0.5) is 11.4 Å². The molecule has 2 aromatic rings. The molecule has 5 nitrogen and oxygen atoms in total. The van der Waals surface area contributed by atoms with Crippen molar-refractivity contribution in [1.29, 1.82) is 0 Å². The van der Waals surface area contributed by atoms with Gasteiger partial charge in [-0.1, -0.05) is 48.6 Å². The molecule has 0 amide bonds. The molecule has 0 spiro atoms. The molecule has 7 aliphatic rings. The number of hydrogen-bond acceptors (Lipinski definition) is 5. The Morgan fingerprint density at radius 2 is 1.57 bits per heavy atom. The van der Waals surface area contributed by atoms with Gasteiger partial charge < -0.3 is 24.0 Å². The van der Waals surface area contributed by atoms with Crippen LogP contribution in [0.2, 0.25) is 5.82 Å². The Kier molecular flexibility index (Phi) is 6.78. The van der Waals surface area contributed by atoms with Gasteiger partial charge in [-0.15, -0.1) is 0 Å². The fraction of sp³-hybridized carbons (Fsp3) is 0.474. The van der Waals surface area contributed by atoms with Crippen LogP contribution in [0.3, 0.4) is 0 Å². The molecule has 0 aromatic heterocycles. The van der Waals surface area contributed by atoms with Crippen LogP contribution in [0.1, 0.15) is 70.6 Å². The van der Waals surface area contributed by atoms with Gasteiger partial charge >= 0.3 is 0 Å². The Labute approximate surface area is 262 Å². The van der Waals surface area contributed by atoms with Crippen LogP contribution in [-0.4, -0.2) is 48.1 Å². The SMILES string of the molecule is C1=CC(N(c2ccccc2)c2ccc3c(c2)B2C4=C(OC5CCC=CC5O4)N(C4C=CCCC4)C4CCCC(O3)C24)CCC1. The van der Waals surface area contributed by atoms with Crippen molar-refractivity contribution >= 4 is 23.6 Å². The second-order valence-corrected chi connectivity index (χ2v) is 13.8. The Morgan fingerprint density at radius 3 is 2.41 bits per heavy atom. The third kappa shape index (κ3) is 4.42. The topological polar surface area (TPSA) is 34.2 Å². The quantitative estimate of drug-likeness (QED) is 0.273. The standard InChI is InChI=1S/C38H43BN2O3/c1-4-13-26(14-5-1)40(27-15-6-2-7-16-27)29-23-24-32-30(25-29)39-36-31(19-12-22-35(36)42-32)41(28-17-8-3-9-18-28)38-37(39)43-33-20-10-11-21-34(33)44-38/h1,4-6,8,10,13-15,17,20,23-25,27-28,31,33-36H,2-3,7,9,11-12,16,18-19,21-22H2. The summed E-state index contributed by atoms with van der Waals surface area (Å²) in [6.07, 6.45) is 27.0. The minimum Gasteiger partial charge on any atom is -0.491 e. The number of benzene rings is 2. The molecule has 7 atom stereocenters. The number of allylic oxidation sites excluding steroid dienone is 3. The minimum absolute atomic E-state index is 0.0208. The van der Waals surface area contributed by atoms with Crippen LogP contribution in [-0.2, 0) is 9.47 Å². The van der Waals surface area contributed by atoms with Gasteiger partial charge in [0, 0.05) is 23.2 Å². The maximum atomic E-state index is 7.13. The molecule has 1 saturated carbocycles. The zero-order valence-electron chi connectivity index (χ0n) is 25.6. The average Bonchev–Trinajstić information content (AvgIpc) is 3.09. The van der Waals surface area contributed by atoms with Crippen molar-refractivity contribution < 1.29 is 14.2 Å². The van der Waals surface area contributed by atoms with Crippen molar-refractivity contribution in [3.8, 4) is 5.75 Å². The summed E-state index contributed by atoms with van der Waals surface area (Å²) >= 11 is 0. The third-order valence-corrected chi connectivity index (χ3v) is 11.2. The number of fused-ring (bicyclic) bond motifs is 4. The zero-order chi connectivity index (χ0) is 29.0. The summed E-state index contributed by atoms with van der Waals surface area (Å²) in [5.41, 5.74) is 4.79. The predicted molar refractivity (Wildman–Crippen MR) is 177 cm³/mol. The number of para-hydroxylation sites is 1. The monoisotopic (exact) mass is 586 g/mol. The molecule has 9 rings (SSSR count). The first-order valence-electron chi connectivity index (χ1n) is 17.3. The maximum absolute atomic E-state index is 7.13. The van der Waals surface area contributed by atoms with E-state index in [2.05, 4.69) is 94.8 Å². The predicted octanol–water partition coefficient (Wildman–Crippen LogP) is 7.59. The summed E-state index contributed by atoms with van der Waals surface area (Å²) in [6.45, 7) is 0.128. The van der Waals surface area contributed by atoms with Gasteiger partial charge in [0.05, 0.1) is 18.2 Å². The molecule has 1 fully saturated rings. The lowest BCUT2D eigenvalue weighted by molar-refractivity contribution is -0.0949. The highest BCUT2D eigenvalue weighted by atomic mass is 16.6. The van der Waals surface area contributed by atoms with Gasteiger partial charge in [-0.25, -0.2) is 0 Å². The number of ether oxygens (including phenoxy) is 3. The molecule has 3 heterocycles. The highest BCUT2D eigenvalue weighted by Crippen LogP contribution is 2.52. The lowest BCUT2D eigenvalue weighted by atomic mass is 9.30. The summed E-state index contributed by atoms with van der Waals surface area (Å²) in [7, 11) is 0. The smallest absolute Gasteiger partial charge is 0.275 e. The van der Waals surface area contributed by atoms with E-state index in [1.54, 1.807) is 0 Å². The normalized spacial score (nSPS) is 33.2. The fourth-order valence-electron chi connectivity index (χ4n) is 9.30. The van der Waals surface area contributed by atoms with E-state index in [9.17, 15) is 0 Å². The van der Waals surface area contributed by atoms with Gasteiger partial charge in [0.1, 0.15) is 17.5 Å². The van der Waals surface area contributed by atoms with Crippen molar-refractivity contribution in [2.75, 3.05) is 4.90 Å². The molecule has 44 heavy (non-hydrogen) atoms. The molecule has 226 valence electrons. The Morgan fingerprint density at radius 1 is 0.705 bits per heavy atom. The van der Waals surface area contributed by atoms with Gasteiger partial charge in [-0.3, -0.25) is 0 Å². The Hall–Kier alpha value is -3.54. The van der Waals surface area contributed by atoms with Crippen molar-refractivity contribution in [2.45, 2.75) is 113 Å². The second-order valence-electron chi connectivity index (χ2n) is 13.8. The van der Waals surface area contributed by atoms with Crippen LogP contribution in [0.5, 0.6) is 5.75 Å². The van der Waals surface area contributed by atoms with Gasteiger partial charge in [0.2, 0.25) is 5.88 Å². The highest BCUT2D eigenvalue weighted by molar-refractivity contribution is 6.82. The molecule has 0 bridgehead atoms. The van der Waals surface area contributed by atoms with Gasteiger partial charge in [-0.2, -0.15) is 0 Å². The first kappa shape index (κ1) is 26.8. The molecular weight excluding hydrogens is 543 g/mol. The van der Waals surface area contributed by atoms with Crippen LogP contribution in [0.25, 0.3) is 0 Å². The average molecular weight is 587 g/mol. The first-order valence-corrected chi connectivity index (χ1v) is 17.3. The molecule has 0 saturated heterocycles. The fourth-order valence-corrected chi connectivity index (χ4v) is 9.30. The lowest BCUT2D eigenvalue weighted by Crippen LogP contribution is -2.65. The first-order chi connectivity index (χ1) is 21.8. The molecule has 0 radical (unpaired) electrons. The maximum Gasteiger partial charge on any atom is 0.275 e. The molecule has 0 N–H and O–H groups in total. The molecule has 3 aliphatic heterocycles. The number of hydrogen-bond donors (Lipinski definition) is 0. The summed E-state index contributed by atoms with van der Waals surface area (Å²) in [5, 5.41) is 0. The second kappa shape index (κ2) is 11.1.